The van der Waals surface area contributed by atoms with Crippen LogP contribution in [0.4, 0.5) is 22.1 Å². The number of anilines is 3. The first-order chi connectivity index (χ1) is 13.6. The number of carbonyl (C=O) groups excluding carboxylic acids is 2. The average molecular weight is 386 g/mol. The minimum Gasteiger partial charge on any atom is -0.450 e. The highest BCUT2D eigenvalue weighted by molar-refractivity contribution is 5.94. The number of hydrogen-bond acceptors (Lipinski definition) is 9. The Hall–Kier alpha value is -3.63. The molecule has 0 unspecified atom stereocenters. The van der Waals surface area contributed by atoms with Crippen molar-refractivity contribution in [2.45, 2.75) is 6.92 Å². The van der Waals surface area contributed by atoms with Crippen LogP contribution in [0.5, 0.6) is 0 Å². The zero-order valence-corrected chi connectivity index (χ0v) is 15.5. The number of nitrogen functional groups attached to an aromatic ring is 1. The fourth-order valence-electron chi connectivity index (χ4n) is 2.74. The lowest BCUT2D eigenvalue weighted by Gasteiger charge is -2.35. The summed E-state index contributed by atoms with van der Waals surface area (Å²) in [6, 6.07) is 3.31. The molecule has 1 aliphatic heterocycles. The van der Waals surface area contributed by atoms with Crippen molar-refractivity contribution in [2.24, 2.45) is 0 Å². The van der Waals surface area contributed by atoms with Crippen molar-refractivity contribution in [1.82, 2.24) is 25.3 Å². The molecule has 0 saturated carbocycles. The number of rotatable bonds is 5. The third-order valence-corrected chi connectivity index (χ3v) is 4.19. The fourth-order valence-corrected chi connectivity index (χ4v) is 2.74. The maximum atomic E-state index is 12.1. The van der Waals surface area contributed by atoms with E-state index in [0.717, 1.165) is 0 Å². The van der Waals surface area contributed by atoms with Gasteiger partial charge in [0.15, 0.2) is 11.6 Å². The number of piperazine rings is 1. The van der Waals surface area contributed by atoms with Gasteiger partial charge in [0.25, 0.3) is 5.91 Å². The van der Waals surface area contributed by atoms with Crippen molar-refractivity contribution in [3.05, 3.63) is 36.4 Å². The molecular formula is C17H22N8O3. The lowest BCUT2D eigenvalue weighted by Crippen LogP contribution is -2.49. The van der Waals surface area contributed by atoms with Gasteiger partial charge in [0, 0.05) is 38.6 Å². The Balaban J connectivity index is 1.62. The predicted molar refractivity (Wildman–Crippen MR) is 103 cm³/mol. The molecule has 0 radical (unpaired) electrons. The second kappa shape index (κ2) is 8.84. The van der Waals surface area contributed by atoms with E-state index in [-0.39, 0.29) is 17.8 Å². The number of aromatic nitrogens is 3. The van der Waals surface area contributed by atoms with Crippen LogP contribution < -0.4 is 21.5 Å². The van der Waals surface area contributed by atoms with Crippen LogP contribution in [0.15, 0.2) is 30.9 Å². The van der Waals surface area contributed by atoms with Gasteiger partial charge in [-0.05, 0) is 19.1 Å². The van der Waals surface area contributed by atoms with Crippen molar-refractivity contribution in [1.29, 1.82) is 0 Å². The highest BCUT2D eigenvalue weighted by Gasteiger charge is 2.24. The number of nitrogens with two attached hydrogens (primary N) is 1. The average Bonchev–Trinajstić information content (AvgIpc) is 2.74. The standard InChI is InChI=1S/C17H22N8O3/c1-2-28-17(27)25-8-6-24(7-9-25)15-13(18)14(20-11-21-15)22-23-16(26)12-4-3-5-19-10-12/h3-5,10-11H,2,6-9,18H2,1H3,(H,23,26)(H,20,21,22). The van der Waals surface area contributed by atoms with Crippen LogP contribution in [0, 0.1) is 0 Å². The van der Waals surface area contributed by atoms with Gasteiger partial charge in [0.2, 0.25) is 0 Å². The van der Waals surface area contributed by atoms with E-state index in [1.54, 1.807) is 30.2 Å². The molecular weight excluding hydrogens is 364 g/mol. The summed E-state index contributed by atoms with van der Waals surface area (Å²) in [5.74, 6) is 0.461. The van der Waals surface area contributed by atoms with E-state index < -0.39 is 0 Å². The zero-order chi connectivity index (χ0) is 19.9. The van der Waals surface area contributed by atoms with E-state index in [9.17, 15) is 9.59 Å². The number of carbonyl (C=O) groups is 2. The highest BCUT2D eigenvalue weighted by Crippen LogP contribution is 2.26. The van der Waals surface area contributed by atoms with E-state index >= 15 is 0 Å². The first kappa shape index (κ1) is 19.1. The number of nitrogens with zero attached hydrogens (tertiary/aromatic N) is 5. The number of hydrazine groups is 1. The van der Waals surface area contributed by atoms with E-state index in [0.29, 0.717) is 49.9 Å². The molecule has 3 heterocycles. The van der Waals surface area contributed by atoms with Gasteiger partial charge in [-0.15, -0.1) is 0 Å². The maximum Gasteiger partial charge on any atom is 0.409 e. The number of nitrogens with one attached hydrogen (secondary N) is 2. The molecule has 28 heavy (non-hydrogen) atoms. The summed E-state index contributed by atoms with van der Waals surface area (Å²) >= 11 is 0. The third-order valence-electron chi connectivity index (χ3n) is 4.19. The van der Waals surface area contributed by atoms with Crippen molar-refractivity contribution in [2.75, 3.05) is 48.8 Å². The normalized spacial score (nSPS) is 13.8. The predicted octanol–water partition coefficient (Wildman–Crippen LogP) is 0.489. The molecule has 2 aromatic rings. The zero-order valence-electron chi connectivity index (χ0n) is 15.5. The summed E-state index contributed by atoms with van der Waals surface area (Å²) in [5, 5.41) is 0. The van der Waals surface area contributed by atoms with E-state index in [1.807, 2.05) is 4.90 Å². The van der Waals surface area contributed by atoms with Crippen molar-refractivity contribution in [3.8, 4) is 0 Å². The smallest absolute Gasteiger partial charge is 0.409 e. The van der Waals surface area contributed by atoms with Gasteiger partial charge in [-0.25, -0.2) is 14.8 Å². The summed E-state index contributed by atoms with van der Waals surface area (Å²) in [4.78, 5) is 39.7. The quantitative estimate of drug-likeness (QED) is 0.626. The van der Waals surface area contributed by atoms with Crippen LogP contribution >= 0.6 is 0 Å². The van der Waals surface area contributed by atoms with Gasteiger partial charge in [-0.1, -0.05) is 0 Å². The molecule has 0 atom stereocenters. The minimum atomic E-state index is -0.365. The molecule has 0 bridgehead atoms. The molecule has 0 aromatic carbocycles. The Bertz CT molecular complexity index is 824. The molecule has 1 aliphatic rings. The van der Waals surface area contributed by atoms with Gasteiger partial charge < -0.3 is 20.3 Å². The molecule has 0 spiro atoms. The lowest BCUT2D eigenvalue weighted by atomic mass is 10.3. The summed E-state index contributed by atoms with van der Waals surface area (Å²) in [6.45, 7) is 4.24. The number of ether oxygens (including phenoxy) is 1. The van der Waals surface area contributed by atoms with Crippen LogP contribution in [0.1, 0.15) is 17.3 Å². The monoisotopic (exact) mass is 386 g/mol. The van der Waals surface area contributed by atoms with Crippen LogP contribution in [0.3, 0.4) is 0 Å². The van der Waals surface area contributed by atoms with Crippen LogP contribution in [-0.2, 0) is 4.74 Å². The Morgan fingerprint density at radius 2 is 2.04 bits per heavy atom. The summed E-state index contributed by atoms with van der Waals surface area (Å²) < 4.78 is 5.02. The number of hydrogen-bond donors (Lipinski definition) is 3. The van der Waals surface area contributed by atoms with Gasteiger partial charge in [0.05, 0.1) is 12.2 Å². The molecule has 1 saturated heterocycles. The summed E-state index contributed by atoms with van der Waals surface area (Å²) in [7, 11) is 0. The molecule has 0 aliphatic carbocycles. The first-order valence-corrected chi connectivity index (χ1v) is 8.83. The van der Waals surface area contributed by atoms with Crippen LogP contribution in [-0.4, -0.2) is 64.6 Å². The van der Waals surface area contributed by atoms with Crippen molar-refractivity contribution in [3.63, 3.8) is 0 Å². The summed E-state index contributed by atoms with van der Waals surface area (Å²) in [5.41, 5.74) is 12.1. The SMILES string of the molecule is CCOC(=O)N1CCN(c2ncnc(NNC(=O)c3cccnc3)c2N)CC1. The second-order valence-electron chi connectivity index (χ2n) is 5.95. The molecule has 11 nitrogen and oxygen atoms in total. The minimum absolute atomic E-state index is 0.287. The van der Waals surface area contributed by atoms with E-state index in [2.05, 4.69) is 25.8 Å². The Morgan fingerprint density at radius 3 is 2.71 bits per heavy atom. The van der Waals surface area contributed by atoms with Crippen molar-refractivity contribution < 1.29 is 14.3 Å². The lowest BCUT2D eigenvalue weighted by molar-refractivity contribution is 0.0961. The molecule has 2 amide bonds. The fraction of sp³-hybridized carbons (Fsp3) is 0.353. The van der Waals surface area contributed by atoms with E-state index in [4.69, 9.17) is 10.5 Å². The molecule has 1 fully saturated rings. The highest BCUT2D eigenvalue weighted by atomic mass is 16.6. The largest absolute Gasteiger partial charge is 0.450 e. The van der Waals surface area contributed by atoms with Gasteiger partial charge in [-0.2, -0.15) is 0 Å². The Morgan fingerprint density at radius 1 is 1.25 bits per heavy atom. The Kier molecular flexibility index (Phi) is 6.04. The molecule has 148 valence electrons. The topological polar surface area (TPSA) is 139 Å². The molecule has 11 heteroatoms. The molecule has 4 N–H and O–H groups in total. The summed E-state index contributed by atoms with van der Waals surface area (Å²) in [6.07, 6.45) is 4.08. The van der Waals surface area contributed by atoms with Crippen molar-refractivity contribution >= 4 is 29.3 Å². The second-order valence-corrected chi connectivity index (χ2v) is 5.95. The number of pyridine rings is 1. The molecule has 2 aromatic heterocycles. The maximum absolute atomic E-state index is 12.1. The van der Waals surface area contributed by atoms with Gasteiger partial charge >= 0.3 is 6.09 Å². The van der Waals surface area contributed by atoms with Gasteiger partial charge in [-0.3, -0.25) is 20.6 Å². The Labute approximate surface area is 161 Å². The number of amides is 2. The van der Waals surface area contributed by atoms with Gasteiger partial charge in [0.1, 0.15) is 12.0 Å². The van der Waals surface area contributed by atoms with Crippen LogP contribution in [0.25, 0.3) is 0 Å². The molecule has 3 rings (SSSR count). The van der Waals surface area contributed by atoms with Crippen LogP contribution in [0.2, 0.25) is 0 Å². The van der Waals surface area contributed by atoms with E-state index in [1.165, 1.54) is 12.5 Å². The first-order valence-electron chi connectivity index (χ1n) is 8.83. The third kappa shape index (κ3) is 4.37.